The predicted molar refractivity (Wildman–Crippen MR) is 67.5 cm³/mol. The van der Waals surface area contributed by atoms with E-state index in [0.29, 0.717) is 5.82 Å². The summed E-state index contributed by atoms with van der Waals surface area (Å²) < 4.78 is 0. The summed E-state index contributed by atoms with van der Waals surface area (Å²) in [7, 11) is 0. The number of anilines is 2. The average Bonchev–Trinajstić information content (AvgIpc) is 2.15. The van der Waals surface area contributed by atoms with E-state index in [2.05, 4.69) is 36.1 Å². The highest BCUT2D eigenvalue weighted by molar-refractivity contribution is 5.97. The largest absolute Gasteiger partial charge is 0.368 e. The molecule has 17 heavy (non-hydrogen) atoms. The molecule has 1 rings (SSSR count). The topological polar surface area (TPSA) is 107 Å². The van der Waals surface area contributed by atoms with Crippen LogP contribution in [0.25, 0.3) is 0 Å². The van der Waals surface area contributed by atoms with Gasteiger partial charge >= 0.3 is 0 Å². The first-order valence-corrected chi connectivity index (χ1v) is 5.40. The highest BCUT2D eigenvalue weighted by Crippen LogP contribution is 2.23. The number of primary amides is 1. The molecule has 0 aliphatic rings. The van der Waals surface area contributed by atoms with Crippen molar-refractivity contribution in [1.82, 2.24) is 9.97 Å². The lowest BCUT2D eigenvalue weighted by Gasteiger charge is -2.29. The highest BCUT2D eigenvalue weighted by Gasteiger charge is 2.22. The van der Waals surface area contributed by atoms with Crippen LogP contribution >= 0.6 is 0 Å². The highest BCUT2D eigenvalue weighted by atomic mass is 16.1. The third-order valence-corrected chi connectivity index (χ3v) is 2.73. The molecule has 0 spiro atoms. The summed E-state index contributed by atoms with van der Waals surface area (Å²) in [5.74, 6) is -0.0837. The monoisotopic (exact) mass is 237 g/mol. The molecule has 0 aliphatic heterocycles. The quantitative estimate of drug-likeness (QED) is 0.727. The van der Waals surface area contributed by atoms with Crippen LogP contribution in [0, 0.1) is 5.41 Å². The van der Waals surface area contributed by atoms with E-state index in [0.717, 1.165) is 0 Å². The molecular weight excluding hydrogens is 218 g/mol. The van der Waals surface area contributed by atoms with Gasteiger partial charge in [-0.25, -0.2) is 4.98 Å². The van der Waals surface area contributed by atoms with Crippen molar-refractivity contribution in [2.75, 3.05) is 11.1 Å². The second-order valence-corrected chi connectivity index (χ2v) is 5.09. The summed E-state index contributed by atoms with van der Waals surface area (Å²) in [6.45, 7) is 8.25. The number of nitrogens with zero attached hydrogens (tertiary/aromatic N) is 2. The molecule has 5 N–H and O–H groups in total. The van der Waals surface area contributed by atoms with Crippen LogP contribution in [0.5, 0.6) is 0 Å². The lowest BCUT2D eigenvalue weighted by Crippen LogP contribution is -2.32. The fourth-order valence-corrected chi connectivity index (χ4v) is 1.11. The van der Waals surface area contributed by atoms with Crippen LogP contribution in [-0.2, 0) is 0 Å². The third-order valence-electron chi connectivity index (χ3n) is 2.73. The van der Waals surface area contributed by atoms with Gasteiger partial charge < -0.3 is 16.8 Å². The van der Waals surface area contributed by atoms with Crippen molar-refractivity contribution in [1.29, 1.82) is 0 Å². The molecule has 1 amide bonds. The van der Waals surface area contributed by atoms with E-state index in [4.69, 9.17) is 11.5 Å². The lowest BCUT2D eigenvalue weighted by atomic mass is 9.88. The first-order valence-electron chi connectivity index (χ1n) is 5.40. The molecule has 1 unspecified atom stereocenters. The molecule has 0 bridgehead atoms. The third kappa shape index (κ3) is 3.30. The van der Waals surface area contributed by atoms with E-state index >= 15 is 0 Å². The number of carbonyl (C=O) groups is 1. The second kappa shape index (κ2) is 4.57. The summed E-state index contributed by atoms with van der Waals surface area (Å²) >= 11 is 0. The van der Waals surface area contributed by atoms with Crippen LogP contribution in [0.2, 0.25) is 0 Å². The normalized spacial score (nSPS) is 13.2. The summed E-state index contributed by atoms with van der Waals surface area (Å²) in [5, 5.41) is 3.14. The molecule has 0 aliphatic carbocycles. The molecule has 1 atom stereocenters. The molecule has 0 aromatic carbocycles. The fraction of sp³-hybridized carbons (Fsp3) is 0.545. The molecule has 0 saturated heterocycles. The van der Waals surface area contributed by atoms with Crippen molar-refractivity contribution >= 4 is 17.7 Å². The maximum absolute atomic E-state index is 11.2. The van der Waals surface area contributed by atoms with Gasteiger partial charge in [0, 0.05) is 12.2 Å². The van der Waals surface area contributed by atoms with E-state index in [-0.39, 0.29) is 23.0 Å². The summed E-state index contributed by atoms with van der Waals surface area (Å²) in [5.41, 5.74) is 11.0. The fourth-order valence-electron chi connectivity index (χ4n) is 1.11. The van der Waals surface area contributed by atoms with Crippen molar-refractivity contribution in [3.05, 3.63) is 11.8 Å². The molecule has 1 aromatic rings. The zero-order valence-corrected chi connectivity index (χ0v) is 10.6. The maximum atomic E-state index is 11.2. The zero-order valence-electron chi connectivity index (χ0n) is 10.6. The van der Waals surface area contributed by atoms with Gasteiger partial charge in [-0.05, 0) is 12.3 Å². The minimum Gasteiger partial charge on any atom is -0.368 e. The first-order chi connectivity index (χ1) is 7.71. The van der Waals surface area contributed by atoms with Gasteiger partial charge in [0.25, 0.3) is 5.91 Å². The number of aromatic nitrogens is 2. The minimum atomic E-state index is -0.575. The molecule has 0 saturated carbocycles. The first kappa shape index (κ1) is 13.2. The van der Waals surface area contributed by atoms with E-state index in [1.165, 1.54) is 6.20 Å². The van der Waals surface area contributed by atoms with E-state index in [1.807, 2.05) is 6.92 Å². The van der Waals surface area contributed by atoms with Crippen LogP contribution in [-0.4, -0.2) is 21.9 Å². The lowest BCUT2D eigenvalue weighted by molar-refractivity contribution is 0.100. The number of carbonyl (C=O) groups excluding carboxylic acids is 1. The Morgan fingerprint density at radius 2 is 2.06 bits per heavy atom. The van der Waals surface area contributed by atoms with Crippen molar-refractivity contribution in [2.24, 2.45) is 11.1 Å². The van der Waals surface area contributed by atoms with Crippen molar-refractivity contribution < 1.29 is 4.79 Å². The average molecular weight is 237 g/mol. The van der Waals surface area contributed by atoms with Crippen molar-refractivity contribution in [3.8, 4) is 0 Å². The Bertz CT molecular complexity index is 424. The standard InChI is InChI=1S/C11H19N5O/c1-6(11(2,3)4)15-9-7(8(12)17)5-14-10(13)16-9/h5-6H,1-4H3,(H2,12,17)(H3,13,14,15,16). The SMILES string of the molecule is CC(Nc1nc(N)ncc1C(N)=O)C(C)(C)C. The van der Waals surface area contributed by atoms with Crippen LogP contribution in [0.4, 0.5) is 11.8 Å². The number of nitrogens with two attached hydrogens (primary N) is 2. The maximum Gasteiger partial charge on any atom is 0.254 e. The van der Waals surface area contributed by atoms with Crippen LogP contribution in [0.15, 0.2) is 6.20 Å². The summed E-state index contributed by atoms with van der Waals surface area (Å²) in [6.07, 6.45) is 1.34. The number of hydrogen-bond acceptors (Lipinski definition) is 5. The number of amides is 1. The summed E-state index contributed by atoms with van der Waals surface area (Å²) in [4.78, 5) is 19.0. The zero-order chi connectivity index (χ0) is 13.2. The molecular formula is C11H19N5O. The molecule has 0 radical (unpaired) electrons. The van der Waals surface area contributed by atoms with Crippen LogP contribution in [0.1, 0.15) is 38.1 Å². The van der Waals surface area contributed by atoms with Gasteiger partial charge in [-0.3, -0.25) is 4.79 Å². The molecule has 0 fully saturated rings. The van der Waals surface area contributed by atoms with Crippen molar-refractivity contribution in [3.63, 3.8) is 0 Å². The Morgan fingerprint density at radius 1 is 1.47 bits per heavy atom. The van der Waals surface area contributed by atoms with Gasteiger partial charge in [0.2, 0.25) is 5.95 Å². The predicted octanol–water partition coefficient (Wildman–Crippen LogP) is 1.00. The number of nitrogen functional groups attached to an aromatic ring is 1. The van der Waals surface area contributed by atoms with Gasteiger partial charge in [-0.2, -0.15) is 4.98 Å². The number of rotatable bonds is 3. The molecule has 6 heteroatoms. The smallest absolute Gasteiger partial charge is 0.254 e. The van der Waals surface area contributed by atoms with Crippen molar-refractivity contribution in [2.45, 2.75) is 33.7 Å². The summed E-state index contributed by atoms with van der Waals surface area (Å²) in [6, 6.07) is 0.106. The Labute approximate surface area is 101 Å². The second-order valence-electron chi connectivity index (χ2n) is 5.09. The Hall–Kier alpha value is -1.85. The van der Waals surface area contributed by atoms with Gasteiger partial charge in [0.05, 0.1) is 5.56 Å². The Balaban J connectivity index is 3.04. The molecule has 6 nitrogen and oxygen atoms in total. The number of nitrogens with one attached hydrogen (secondary N) is 1. The molecule has 94 valence electrons. The minimum absolute atomic E-state index is 0.0224. The Kier molecular flexibility index (Phi) is 3.55. The van der Waals surface area contributed by atoms with Crippen LogP contribution in [0.3, 0.4) is 0 Å². The van der Waals surface area contributed by atoms with Gasteiger partial charge in [0.15, 0.2) is 0 Å². The molecule has 1 heterocycles. The van der Waals surface area contributed by atoms with E-state index in [1.54, 1.807) is 0 Å². The van der Waals surface area contributed by atoms with Gasteiger partial charge in [-0.15, -0.1) is 0 Å². The van der Waals surface area contributed by atoms with Gasteiger partial charge in [0.1, 0.15) is 5.82 Å². The van der Waals surface area contributed by atoms with E-state index in [9.17, 15) is 4.79 Å². The van der Waals surface area contributed by atoms with Crippen LogP contribution < -0.4 is 16.8 Å². The molecule has 1 aromatic heterocycles. The van der Waals surface area contributed by atoms with E-state index < -0.39 is 5.91 Å². The van der Waals surface area contributed by atoms with Gasteiger partial charge in [-0.1, -0.05) is 20.8 Å². The Morgan fingerprint density at radius 3 is 2.53 bits per heavy atom. The number of hydrogen-bond donors (Lipinski definition) is 3.